The summed E-state index contributed by atoms with van der Waals surface area (Å²) in [6.07, 6.45) is 1.23. The molecule has 2 aromatic rings. The van der Waals surface area contributed by atoms with Gasteiger partial charge in [-0.3, -0.25) is 14.5 Å². The van der Waals surface area contributed by atoms with E-state index in [4.69, 9.17) is 0 Å². The number of rotatable bonds is 6. The predicted molar refractivity (Wildman–Crippen MR) is 113 cm³/mol. The van der Waals surface area contributed by atoms with Crippen molar-refractivity contribution in [3.05, 3.63) is 65.2 Å². The molecule has 1 amide bonds. The van der Waals surface area contributed by atoms with Gasteiger partial charge in [0, 0.05) is 49.5 Å². The van der Waals surface area contributed by atoms with E-state index in [1.54, 1.807) is 30.3 Å². The number of carbonyl (C=O) groups is 2. The molecule has 0 bridgehead atoms. The Morgan fingerprint density at radius 3 is 2.28 bits per heavy atom. The molecule has 0 radical (unpaired) electrons. The van der Waals surface area contributed by atoms with Gasteiger partial charge in [-0.2, -0.15) is 4.31 Å². The van der Waals surface area contributed by atoms with E-state index < -0.39 is 10.0 Å². The molecule has 0 aromatic heterocycles. The van der Waals surface area contributed by atoms with Gasteiger partial charge < -0.3 is 5.32 Å². The molecular weight excluding hydrogens is 390 g/mol. The summed E-state index contributed by atoms with van der Waals surface area (Å²) < 4.78 is 24.7. The molecule has 0 aliphatic carbocycles. The average Bonchev–Trinajstić information content (AvgIpc) is 2.68. The third-order valence-corrected chi connectivity index (χ3v) is 6.23. The highest BCUT2D eigenvalue weighted by molar-refractivity contribution is 7.88. The fraction of sp³-hybridized carbons (Fsp3) is 0.333. The molecule has 0 unspecified atom stereocenters. The van der Waals surface area contributed by atoms with Crippen molar-refractivity contribution in [1.82, 2.24) is 9.21 Å². The van der Waals surface area contributed by atoms with Crippen molar-refractivity contribution >= 4 is 27.4 Å². The lowest BCUT2D eigenvalue weighted by Crippen LogP contribution is -2.47. The third-order valence-electron chi connectivity index (χ3n) is 4.92. The standard InChI is InChI=1S/C21H25N3O4S/c1-16(25)18-6-4-8-20(14-18)22-21(26)19-7-3-5-17(13-19)15-23-9-11-24(12-10-23)29(2,27)28/h3-8,13-14H,9-12,15H2,1-2H3,(H,22,26). The number of hydrogen-bond donors (Lipinski definition) is 1. The van der Waals surface area contributed by atoms with E-state index in [9.17, 15) is 18.0 Å². The SMILES string of the molecule is CC(=O)c1cccc(NC(=O)c2cccc(CN3CCN(S(C)(=O)=O)CC3)c2)c1. The number of piperazine rings is 1. The van der Waals surface area contributed by atoms with Crippen molar-refractivity contribution in [3.8, 4) is 0 Å². The van der Waals surface area contributed by atoms with Gasteiger partial charge in [0.25, 0.3) is 5.91 Å². The van der Waals surface area contributed by atoms with Crippen molar-refractivity contribution in [2.75, 3.05) is 37.8 Å². The van der Waals surface area contributed by atoms with E-state index in [1.165, 1.54) is 17.5 Å². The second-order valence-electron chi connectivity index (χ2n) is 7.23. The van der Waals surface area contributed by atoms with Crippen molar-refractivity contribution < 1.29 is 18.0 Å². The van der Waals surface area contributed by atoms with Crippen LogP contribution in [-0.4, -0.2) is 61.7 Å². The minimum atomic E-state index is -3.15. The molecule has 29 heavy (non-hydrogen) atoms. The van der Waals surface area contributed by atoms with E-state index in [0.29, 0.717) is 49.5 Å². The average molecular weight is 416 g/mol. The van der Waals surface area contributed by atoms with Crippen LogP contribution in [0.2, 0.25) is 0 Å². The van der Waals surface area contributed by atoms with Gasteiger partial charge in [-0.1, -0.05) is 24.3 Å². The number of Topliss-reactive ketones (excluding diaryl/α,β-unsaturated/α-hetero) is 1. The first kappa shape index (κ1) is 21.2. The highest BCUT2D eigenvalue weighted by Crippen LogP contribution is 2.15. The monoisotopic (exact) mass is 415 g/mol. The molecule has 1 fully saturated rings. The highest BCUT2D eigenvalue weighted by atomic mass is 32.2. The smallest absolute Gasteiger partial charge is 0.255 e. The van der Waals surface area contributed by atoms with Crippen molar-refractivity contribution in [2.24, 2.45) is 0 Å². The fourth-order valence-electron chi connectivity index (χ4n) is 3.31. The van der Waals surface area contributed by atoms with Crippen LogP contribution in [0.25, 0.3) is 0 Å². The maximum atomic E-state index is 12.6. The summed E-state index contributed by atoms with van der Waals surface area (Å²) in [5.74, 6) is -0.298. The number of nitrogens with one attached hydrogen (secondary N) is 1. The minimum absolute atomic E-state index is 0.0564. The van der Waals surface area contributed by atoms with Crippen LogP contribution in [-0.2, 0) is 16.6 Å². The van der Waals surface area contributed by atoms with Crippen LogP contribution >= 0.6 is 0 Å². The quantitative estimate of drug-likeness (QED) is 0.731. The van der Waals surface area contributed by atoms with Gasteiger partial charge in [0.1, 0.15) is 0 Å². The first-order chi connectivity index (χ1) is 13.7. The molecule has 3 rings (SSSR count). The number of nitrogens with zero attached hydrogens (tertiary/aromatic N) is 2. The largest absolute Gasteiger partial charge is 0.322 e. The van der Waals surface area contributed by atoms with E-state index >= 15 is 0 Å². The van der Waals surface area contributed by atoms with Gasteiger partial charge in [0.15, 0.2) is 5.78 Å². The molecule has 1 aliphatic heterocycles. The van der Waals surface area contributed by atoms with Crippen molar-refractivity contribution in [3.63, 3.8) is 0 Å². The Morgan fingerprint density at radius 2 is 1.62 bits per heavy atom. The summed E-state index contributed by atoms with van der Waals surface area (Å²) in [5, 5.41) is 2.83. The Balaban J connectivity index is 1.63. The van der Waals surface area contributed by atoms with Gasteiger partial charge >= 0.3 is 0 Å². The first-order valence-electron chi connectivity index (χ1n) is 9.41. The summed E-state index contributed by atoms with van der Waals surface area (Å²) >= 11 is 0. The summed E-state index contributed by atoms with van der Waals surface area (Å²) in [5.41, 5.74) is 2.64. The number of benzene rings is 2. The second-order valence-corrected chi connectivity index (χ2v) is 9.21. The molecule has 0 spiro atoms. The van der Waals surface area contributed by atoms with Gasteiger partial charge in [-0.25, -0.2) is 8.42 Å². The number of sulfonamides is 1. The molecule has 0 atom stereocenters. The zero-order valence-electron chi connectivity index (χ0n) is 16.6. The number of hydrogen-bond acceptors (Lipinski definition) is 5. The zero-order valence-corrected chi connectivity index (χ0v) is 17.4. The lowest BCUT2D eigenvalue weighted by molar-refractivity contribution is 0.101. The molecular formula is C21H25N3O4S. The van der Waals surface area contributed by atoms with E-state index in [1.807, 2.05) is 18.2 Å². The molecule has 2 aromatic carbocycles. The van der Waals surface area contributed by atoms with E-state index in [2.05, 4.69) is 10.2 Å². The number of ketones is 1. The minimum Gasteiger partial charge on any atom is -0.322 e. The third kappa shape index (κ3) is 5.72. The molecule has 8 heteroatoms. The molecule has 1 N–H and O–H groups in total. The van der Waals surface area contributed by atoms with Crippen molar-refractivity contribution in [2.45, 2.75) is 13.5 Å². The Bertz CT molecular complexity index is 1010. The highest BCUT2D eigenvalue weighted by Gasteiger charge is 2.23. The molecule has 1 aliphatic rings. The van der Waals surface area contributed by atoms with Gasteiger partial charge in [0.05, 0.1) is 6.26 Å². The molecule has 7 nitrogen and oxygen atoms in total. The molecule has 154 valence electrons. The summed E-state index contributed by atoms with van der Waals surface area (Å²) in [4.78, 5) is 26.3. The van der Waals surface area contributed by atoms with Crippen LogP contribution < -0.4 is 5.32 Å². The predicted octanol–water partition coefficient (Wildman–Crippen LogP) is 2.22. The number of anilines is 1. The Labute approximate surface area is 171 Å². The Morgan fingerprint density at radius 1 is 0.966 bits per heavy atom. The van der Waals surface area contributed by atoms with Crippen LogP contribution in [0.4, 0.5) is 5.69 Å². The maximum Gasteiger partial charge on any atom is 0.255 e. The molecule has 0 saturated carbocycles. The summed E-state index contributed by atoms with van der Waals surface area (Å²) in [6, 6.07) is 14.2. The maximum absolute atomic E-state index is 12.6. The summed E-state index contributed by atoms with van der Waals surface area (Å²) in [6.45, 7) is 4.40. The normalized spacial score (nSPS) is 15.8. The van der Waals surface area contributed by atoms with Crippen LogP contribution in [0.15, 0.2) is 48.5 Å². The van der Waals surface area contributed by atoms with E-state index in [-0.39, 0.29) is 11.7 Å². The molecule has 1 saturated heterocycles. The fourth-order valence-corrected chi connectivity index (χ4v) is 4.13. The first-order valence-corrected chi connectivity index (χ1v) is 11.3. The lowest BCUT2D eigenvalue weighted by atomic mass is 10.1. The number of carbonyl (C=O) groups excluding carboxylic acids is 2. The van der Waals surface area contributed by atoms with Crippen molar-refractivity contribution in [1.29, 1.82) is 0 Å². The second kappa shape index (κ2) is 8.86. The number of amides is 1. The summed E-state index contributed by atoms with van der Waals surface area (Å²) in [7, 11) is -3.15. The Kier molecular flexibility index (Phi) is 6.46. The lowest BCUT2D eigenvalue weighted by Gasteiger charge is -2.33. The van der Waals surface area contributed by atoms with E-state index in [0.717, 1.165) is 5.56 Å². The Hall–Kier alpha value is -2.55. The van der Waals surface area contributed by atoms with Gasteiger partial charge in [-0.15, -0.1) is 0 Å². The topological polar surface area (TPSA) is 86.8 Å². The van der Waals surface area contributed by atoms with Crippen LogP contribution in [0.1, 0.15) is 33.2 Å². The van der Waals surface area contributed by atoms with Gasteiger partial charge in [-0.05, 0) is 36.8 Å². The van der Waals surface area contributed by atoms with Crippen LogP contribution in [0, 0.1) is 0 Å². The van der Waals surface area contributed by atoms with Crippen LogP contribution in [0.5, 0.6) is 0 Å². The van der Waals surface area contributed by atoms with Gasteiger partial charge in [0.2, 0.25) is 10.0 Å². The zero-order chi connectivity index (χ0) is 21.0. The van der Waals surface area contributed by atoms with Crippen LogP contribution in [0.3, 0.4) is 0 Å². The molecule has 1 heterocycles.